The second kappa shape index (κ2) is 5.79. The van der Waals surface area contributed by atoms with Crippen LogP contribution in [0.2, 0.25) is 0 Å². The summed E-state index contributed by atoms with van der Waals surface area (Å²) in [6.45, 7) is 0.655. The van der Waals surface area contributed by atoms with Crippen molar-refractivity contribution in [3.8, 4) is 0 Å². The average Bonchev–Trinajstić information content (AvgIpc) is 2.77. The van der Waals surface area contributed by atoms with Gasteiger partial charge in [-0.1, -0.05) is 0 Å². The van der Waals surface area contributed by atoms with Gasteiger partial charge in [-0.15, -0.1) is 0 Å². The van der Waals surface area contributed by atoms with E-state index in [1.165, 1.54) is 0 Å². The van der Waals surface area contributed by atoms with Crippen LogP contribution in [-0.4, -0.2) is 39.9 Å². The lowest BCUT2D eigenvalue weighted by Gasteiger charge is -2.17. The predicted octanol–water partition coefficient (Wildman–Crippen LogP) is 1.33. The number of pyridine rings is 1. The second-order valence-electron chi connectivity index (χ2n) is 4.20. The fourth-order valence-corrected chi connectivity index (χ4v) is 2.23. The number of nitrogens with one attached hydrogen (secondary N) is 2. The summed E-state index contributed by atoms with van der Waals surface area (Å²) in [7, 11) is 1.81. The van der Waals surface area contributed by atoms with E-state index in [0.29, 0.717) is 24.2 Å². The van der Waals surface area contributed by atoms with Crippen LogP contribution in [0.15, 0.2) is 22.9 Å². The van der Waals surface area contributed by atoms with Crippen LogP contribution in [0.25, 0.3) is 11.0 Å². The number of nitrogens with zero attached hydrogens (tertiary/aromatic N) is 1. The fraction of sp³-hybridized carbons (Fsp3) is 0.417. The van der Waals surface area contributed by atoms with E-state index < -0.39 is 12.2 Å². The SMILES string of the molecule is CNCCC(O)C(O)c1c[nH]c2ncc(Br)cc12. The van der Waals surface area contributed by atoms with E-state index >= 15 is 0 Å². The van der Waals surface area contributed by atoms with Gasteiger partial charge in [0.05, 0.1) is 6.10 Å². The Morgan fingerprint density at radius 2 is 2.28 bits per heavy atom. The minimum absolute atomic E-state index is 0.492. The molecule has 2 rings (SSSR count). The third kappa shape index (κ3) is 2.72. The molecule has 2 heterocycles. The Morgan fingerprint density at radius 3 is 3.00 bits per heavy atom. The highest BCUT2D eigenvalue weighted by Crippen LogP contribution is 2.28. The van der Waals surface area contributed by atoms with Crippen LogP contribution in [-0.2, 0) is 0 Å². The van der Waals surface area contributed by atoms with Gasteiger partial charge in [-0.3, -0.25) is 0 Å². The molecular formula is C12H16BrN3O2. The quantitative estimate of drug-likeness (QED) is 0.671. The van der Waals surface area contributed by atoms with Crippen LogP contribution in [0.5, 0.6) is 0 Å². The van der Waals surface area contributed by atoms with Crippen molar-refractivity contribution >= 4 is 27.0 Å². The van der Waals surface area contributed by atoms with Crippen molar-refractivity contribution in [3.05, 3.63) is 28.5 Å². The van der Waals surface area contributed by atoms with Gasteiger partial charge in [0.25, 0.3) is 0 Å². The third-order valence-electron chi connectivity index (χ3n) is 2.90. The predicted molar refractivity (Wildman–Crippen MR) is 73.3 cm³/mol. The molecule has 2 aromatic heterocycles. The van der Waals surface area contributed by atoms with Gasteiger partial charge in [-0.05, 0) is 42.0 Å². The first-order valence-corrected chi connectivity index (χ1v) is 6.56. The molecule has 0 bridgehead atoms. The number of aliphatic hydroxyl groups excluding tert-OH is 2. The molecule has 0 aliphatic carbocycles. The summed E-state index contributed by atoms with van der Waals surface area (Å²) in [6, 6.07) is 1.88. The zero-order chi connectivity index (χ0) is 13.1. The maximum absolute atomic E-state index is 10.2. The summed E-state index contributed by atoms with van der Waals surface area (Å²) < 4.78 is 0.841. The number of aromatic nitrogens is 2. The molecule has 4 N–H and O–H groups in total. The summed E-state index contributed by atoms with van der Waals surface area (Å²) >= 11 is 3.35. The highest BCUT2D eigenvalue weighted by molar-refractivity contribution is 9.10. The molecule has 0 saturated carbocycles. The standard InChI is InChI=1S/C12H16BrN3O2/c1-14-3-2-10(17)11(18)9-6-16-12-8(9)4-7(13)5-15-12/h4-6,10-11,14,17-18H,2-3H2,1H3,(H,15,16). The van der Waals surface area contributed by atoms with E-state index in [4.69, 9.17) is 0 Å². The van der Waals surface area contributed by atoms with Gasteiger partial charge >= 0.3 is 0 Å². The van der Waals surface area contributed by atoms with Crippen molar-refractivity contribution in [2.24, 2.45) is 0 Å². The first-order valence-electron chi connectivity index (χ1n) is 5.76. The molecule has 0 aliphatic heterocycles. The molecule has 98 valence electrons. The number of hydrogen-bond acceptors (Lipinski definition) is 4. The summed E-state index contributed by atoms with van der Waals surface area (Å²) in [4.78, 5) is 7.19. The van der Waals surface area contributed by atoms with Crippen LogP contribution < -0.4 is 5.32 Å². The van der Waals surface area contributed by atoms with Crippen molar-refractivity contribution in [3.63, 3.8) is 0 Å². The van der Waals surface area contributed by atoms with Crippen LogP contribution >= 0.6 is 15.9 Å². The molecule has 2 aromatic rings. The Kier molecular flexibility index (Phi) is 4.34. The van der Waals surface area contributed by atoms with Gasteiger partial charge in [0, 0.05) is 27.8 Å². The molecule has 6 heteroatoms. The Labute approximate surface area is 113 Å². The molecule has 0 spiro atoms. The number of halogens is 1. The molecule has 2 unspecified atom stereocenters. The first kappa shape index (κ1) is 13.5. The lowest BCUT2D eigenvalue weighted by molar-refractivity contribution is 0.0149. The minimum Gasteiger partial charge on any atom is -0.390 e. The van der Waals surface area contributed by atoms with Gasteiger partial charge in [0.15, 0.2) is 0 Å². The van der Waals surface area contributed by atoms with Crippen LogP contribution in [0, 0.1) is 0 Å². The topological polar surface area (TPSA) is 81.2 Å². The van der Waals surface area contributed by atoms with Gasteiger partial charge in [-0.2, -0.15) is 0 Å². The third-order valence-corrected chi connectivity index (χ3v) is 3.34. The molecule has 0 fully saturated rings. The molecular weight excluding hydrogens is 298 g/mol. The highest BCUT2D eigenvalue weighted by atomic mass is 79.9. The number of aliphatic hydroxyl groups is 2. The van der Waals surface area contributed by atoms with Crippen molar-refractivity contribution in [1.29, 1.82) is 0 Å². The Bertz CT molecular complexity index is 529. The van der Waals surface area contributed by atoms with Gasteiger partial charge in [-0.25, -0.2) is 4.98 Å². The molecule has 5 nitrogen and oxygen atoms in total. The Morgan fingerprint density at radius 1 is 1.50 bits per heavy atom. The highest BCUT2D eigenvalue weighted by Gasteiger charge is 2.21. The number of aromatic amines is 1. The van der Waals surface area contributed by atoms with Crippen LogP contribution in [0.1, 0.15) is 18.1 Å². The summed E-state index contributed by atoms with van der Waals surface area (Å²) in [6.07, 6.45) is 2.16. The van der Waals surface area contributed by atoms with Crippen molar-refractivity contribution in [1.82, 2.24) is 15.3 Å². The van der Waals surface area contributed by atoms with Crippen LogP contribution in [0.4, 0.5) is 0 Å². The van der Waals surface area contributed by atoms with Crippen molar-refractivity contribution in [2.75, 3.05) is 13.6 Å². The van der Waals surface area contributed by atoms with E-state index in [1.807, 2.05) is 13.1 Å². The zero-order valence-corrected chi connectivity index (χ0v) is 11.6. The largest absolute Gasteiger partial charge is 0.390 e. The first-order chi connectivity index (χ1) is 8.63. The van der Waals surface area contributed by atoms with E-state index in [-0.39, 0.29) is 0 Å². The number of rotatable bonds is 5. The normalized spacial score (nSPS) is 14.9. The number of H-pyrrole nitrogens is 1. The smallest absolute Gasteiger partial charge is 0.137 e. The van der Waals surface area contributed by atoms with E-state index in [1.54, 1.807) is 12.4 Å². The van der Waals surface area contributed by atoms with Gasteiger partial charge in [0.2, 0.25) is 0 Å². The molecule has 0 aliphatic rings. The van der Waals surface area contributed by atoms with Crippen molar-refractivity contribution < 1.29 is 10.2 Å². The maximum atomic E-state index is 10.2. The molecule has 18 heavy (non-hydrogen) atoms. The van der Waals surface area contributed by atoms with E-state index in [0.717, 1.165) is 9.86 Å². The second-order valence-corrected chi connectivity index (χ2v) is 5.11. The number of hydrogen-bond donors (Lipinski definition) is 4. The molecule has 0 radical (unpaired) electrons. The number of fused-ring (bicyclic) bond motifs is 1. The minimum atomic E-state index is -0.914. The average molecular weight is 314 g/mol. The monoisotopic (exact) mass is 313 g/mol. The molecule has 0 aromatic carbocycles. The van der Waals surface area contributed by atoms with E-state index in [9.17, 15) is 10.2 Å². The fourth-order valence-electron chi connectivity index (χ4n) is 1.90. The van der Waals surface area contributed by atoms with Gasteiger partial charge in [0.1, 0.15) is 11.8 Å². The van der Waals surface area contributed by atoms with Crippen molar-refractivity contribution in [2.45, 2.75) is 18.6 Å². The molecule has 2 atom stereocenters. The summed E-state index contributed by atoms with van der Waals surface area (Å²) in [5.41, 5.74) is 1.37. The zero-order valence-electron chi connectivity index (χ0n) is 10.0. The van der Waals surface area contributed by atoms with Gasteiger partial charge < -0.3 is 20.5 Å². The van der Waals surface area contributed by atoms with Crippen LogP contribution in [0.3, 0.4) is 0 Å². The lowest BCUT2D eigenvalue weighted by atomic mass is 10.0. The summed E-state index contributed by atoms with van der Waals surface area (Å²) in [5, 5.41) is 23.8. The maximum Gasteiger partial charge on any atom is 0.137 e. The molecule has 0 amide bonds. The summed E-state index contributed by atoms with van der Waals surface area (Å²) in [5.74, 6) is 0. The lowest BCUT2D eigenvalue weighted by Crippen LogP contribution is -2.23. The Balaban J connectivity index is 2.27. The Hall–Kier alpha value is -0.950. The molecule has 0 saturated heterocycles. The van der Waals surface area contributed by atoms with E-state index in [2.05, 4.69) is 31.2 Å².